The van der Waals surface area contributed by atoms with Gasteiger partial charge in [0.05, 0.1) is 7.85 Å². The van der Waals surface area contributed by atoms with Crippen LogP contribution in [0.25, 0.3) is 0 Å². The van der Waals surface area contributed by atoms with Gasteiger partial charge in [0.1, 0.15) is 5.78 Å². The minimum absolute atomic E-state index is 0.196. The van der Waals surface area contributed by atoms with Crippen molar-refractivity contribution in [1.82, 2.24) is 0 Å². The fourth-order valence-electron chi connectivity index (χ4n) is 1.31. The number of rotatable bonds is 5. The Labute approximate surface area is 71.0 Å². The fraction of sp³-hybridized carbons (Fsp3) is 0.889. The Hall–Kier alpha value is -0.265. The average Bonchev–Trinajstić information content (AvgIpc) is 2.03. The van der Waals surface area contributed by atoms with Crippen LogP contribution >= 0.6 is 0 Å². The summed E-state index contributed by atoms with van der Waals surface area (Å²) in [5, 5.41) is -0.538. The lowest BCUT2D eigenvalue weighted by molar-refractivity contribution is -0.122. The average molecular weight is 152 g/mol. The number of hydrogen-bond donors (Lipinski definition) is 0. The molecule has 0 saturated carbocycles. The summed E-state index contributed by atoms with van der Waals surface area (Å²) >= 11 is 0. The van der Waals surface area contributed by atoms with Crippen molar-refractivity contribution in [3.05, 3.63) is 0 Å². The van der Waals surface area contributed by atoms with Crippen molar-refractivity contribution in [2.45, 2.75) is 51.8 Å². The highest BCUT2D eigenvalue weighted by Crippen LogP contribution is 2.34. The molecule has 2 heteroatoms. The molecule has 0 aliphatic heterocycles. The molecule has 0 bridgehead atoms. The summed E-state index contributed by atoms with van der Waals surface area (Å²) in [4.78, 5) is 11.3. The Balaban J connectivity index is 4.19. The first-order valence-electron chi connectivity index (χ1n) is 4.42. The van der Waals surface area contributed by atoms with E-state index in [1.54, 1.807) is 0 Å². The zero-order valence-corrected chi connectivity index (χ0v) is 7.81. The molecule has 0 aliphatic rings. The molecule has 0 fully saturated rings. The van der Waals surface area contributed by atoms with Crippen LogP contribution in [-0.2, 0) is 4.79 Å². The zero-order valence-electron chi connectivity index (χ0n) is 7.81. The van der Waals surface area contributed by atoms with Gasteiger partial charge in [0.25, 0.3) is 0 Å². The van der Waals surface area contributed by atoms with Gasteiger partial charge in [0.2, 0.25) is 0 Å². The Kier molecular flexibility index (Phi) is 4.47. The molecule has 1 nitrogen and oxygen atoms in total. The van der Waals surface area contributed by atoms with Gasteiger partial charge in [0.15, 0.2) is 0 Å². The standard InChI is InChI=1S/C9H17BO/c1-4-7-9(10,6-3)8(11)5-2/h4-7H2,1-3H3. The predicted octanol–water partition coefficient (Wildman–Crippen LogP) is 2.50. The summed E-state index contributed by atoms with van der Waals surface area (Å²) in [5.41, 5.74) is 0. The van der Waals surface area contributed by atoms with Gasteiger partial charge < -0.3 is 0 Å². The van der Waals surface area contributed by atoms with Crippen molar-refractivity contribution in [2.75, 3.05) is 0 Å². The van der Waals surface area contributed by atoms with Gasteiger partial charge in [0, 0.05) is 6.42 Å². The third-order valence-electron chi connectivity index (χ3n) is 2.20. The summed E-state index contributed by atoms with van der Waals surface area (Å²) in [5.74, 6) is 0.196. The third-order valence-corrected chi connectivity index (χ3v) is 2.20. The predicted molar refractivity (Wildman–Crippen MR) is 48.9 cm³/mol. The maximum absolute atomic E-state index is 11.3. The molecule has 2 radical (unpaired) electrons. The van der Waals surface area contributed by atoms with Gasteiger partial charge in [-0.3, -0.25) is 4.79 Å². The first-order valence-corrected chi connectivity index (χ1v) is 4.42. The van der Waals surface area contributed by atoms with E-state index in [9.17, 15) is 4.79 Å². The summed E-state index contributed by atoms with van der Waals surface area (Å²) in [6.07, 6.45) is 3.12. The van der Waals surface area contributed by atoms with Gasteiger partial charge in [-0.1, -0.05) is 33.6 Å². The quantitative estimate of drug-likeness (QED) is 0.553. The maximum atomic E-state index is 11.3. The molecular formula is C9H17BO. The van der Waals surface area contributed by atoms with E-state index in [0.29, 0.717) is 6.42 Å². The van der Waals surface area contributed by atoms with E-state index in [4.69, 9.17) is 7.85 Å². The second kappa shape index (κ2) is 4.58. The van der Waals surface area contributed by atoms with E-state index in [1.807, 2.05) is 13.8 Å². The van der Waals surface area contributed by atoms with Gasteiger partial charge in [-0.05, 0) is 11.7 Å². The Bertz CT molecular complexity index is 134. The molecule has 0 aromatic rings. The molecule has 0 amide bonds. The molecule has 0 rings (SSSR count). The lowest BCUT2D eigenvalue weighted by Crippen LogP contribution is -2.22. The van der Waals surface area contributed by atoms with Gasteiger partial charge in [-0.2, -0.15) is 0 Å². The summed E-state index contributed by atoms with van der Waals surface area (Å²) in [6, 6.07) is 0. The lowest BCUT2D eigenvalue weighted by atomic mass is 9.61. The van der Waals surface area contributed by atoms with E-state index >= 15 is 0 Å². The van der Waals surface area contributed by atoms with E-state index in [-0.39, 0.29) is 5.78 Å². The molecule has 62 valence electrons. The van der Waals surface area contributed by atoms with Crippen LogP contribution in [0, 0.1) is 0 Å². The van der Waals surface area contributed by atoms with Crippen molar-refractivity contribution in [1.29, 1.82) is 0 Å². The monoisotopic (exact) mass is 152 g/mol. The fourth-order valence-corrected chi connectivity index (χ4v) is 1.31. The summed E-state index contributed by atoms with van der Waals surface area (Å²) in [6.45, 7) is 5.90. The highest BCUT2D eigenvalue weighted by atomic mass is 16.1. The number of ketones is 1. The molecule has 1 atom stereocenters. The minimum atomic E-state index is -0.538. The largest absolute Gasteiger partial charge is 0.300 e. The van der Waals surface area contributed by atoms with E-state index in [2.05, 4.69) is 6.92 Å². The van der Waals surface area contributed by atoms with Crippen LogP contribution in [0.1, 0.15) is 46.5 Å². The van der Waals surface area contributed by atoms with Crippen LogP contribution in [0.4, 0.5) is 0 Å². The first-order chi connectivity index (χ1) is 5.10. The van der Waals surface area contributed by atoms with Crippen LogP contribution in [0.2, 0.25) is 5.31 Å². The van der Waals surface area contributed by atoms with Gasteiger partial charge in [-0.25, -0.2) is 0 Å². The molecule has 0 N–H and O–H groups in total. The van der Waals surface area contributed by atoms with Crippen LogP contribution in [-0.4, -0.2) is 13.6 Å². The van der Waals surface area contributed by atoms with E-state index in [0.717, 1.165) is 19.3 Å². The van der Waals surface area contributed by atoms with E-state index in [1.165, 1.54) is 0 Å². The molecule has 0 heterocycles. The molecule has 0 aliphatic carbocycles. The van der Waals surface area contributed by atoms with Crippen LogP contribution in [0.15, 0.2) is 0 Å². The minimum Gasteiger partial charge on any atom is -0.300 e. The van der Waals surface area contributed by atoms with Crippen molar-refractivity contribution in [3.63, 3.8) is 0 Å². The Morgan fingerprint density at radius 1 is 1.36 bits per heavy atom. The highest BCUT2D eigenvalue weighted by molar-refractivity contribution is 6.28. The molecule has 11 heavy (non-hydrogen) atoms. The summed E-state index contributed by atoms with van der Waals surface area (Å²) in [7, 11) is 5.91. The normalized spacial score (nSPS) is 15.9. The van der Waals surface area contributed by atoms with Crippen molar-refractivity contribution < 1.29 is 4.79 Å². The second-order valence-electron chi connectivity index (χ2n) is 3.04. The second-order valence-corrected chi connectivity index (χ2v) is 3.04. The maximum Gasteiger partial charge on any atom is 0.130 e. The van der Waals surface area contributed by atoms with E-state index < -0.39 is 5.31 Å². The van der Waals surface area contributed by atoms with Crippen LogP contribution in [0.5, 0.6) is 0 Å². The summed E-state index contributed by atoms with van der Waals surface area (Å²) < 4.78 is 0. The molecule has 1 unspecified atom stereocenters. The Morgan fingerprint density at radius 2 is 1.91 bits per heavy atom. The topological polar surface area (TPSA) is 17.1 Å². The van der Waals surface area contributed by atoms with Gasteiger partial charge in [-0.15, -0.1) is 0 Å². The number of hydrogen-bond acceptors (Lipinski definition) is 1. The lowest BCUT2D eigenvalue weighted by Gasteiger charge is -2.25. The molecule has 0 saturated heterocycles. The first kappa shape index (κ1) is 10.7. The number of carbonyl (C=O) groups excluding carboxylic acids is 1. The van der Waals surface area contributed by atoms with Crippen molar-refractivity contribution >= 4 is 13.6 Å². The van der Waals surface area contributed by atoms with Crippen LogP contribution in [0.3, 0.4) is 0 Å². The Morgan fingerprint density at radius 3 is 2.18 bits per heavy atom. The number of Topliss-reactive ketones (excluding diaryl/α,β-unsaturated/α-hetero) is 1. The van der Waals surface area contributed by atoms with Crippen LogP contribution < -0.4 is 0 Å². The SMILES string of the molecule is [B]C(CC)(CCC)C(=O)CC. The molecule has 0 spiro atoms. The van der Waals surface area contributed by atoms with Gasteiger partial charge >= 0.3 is 0 Å². The highest BCUT2D eigenvalue weighted by Gasteiger charge is 2.27. The van der Waals surface area contributed by atoms with Crippen molar-refractivity contribution in [2.24, 2.45) is 0 Å². The molecule has 0 aromatic heterocycles. The van der Waals surface area contributed by atoms with Crippen molar-refractivity contribution in [3.8, 4) is 0 Å². The zero-order chi connectivity index (χ0) is 8.91. The number of carbonyl (C=O) groups is 1. The molecular weight excluding hydrogens is 135 g/mol. The smallest absolute Gasteiger partial charge is 0.130 e. The molecule has 0 aromatic carbocycles. The third kappa shape index (κ3) is 2.68.